The average molecular weight is 355 g/mol. The number of carbonyl (C=O) groups is 1. The molecule has 144 valence electrons. The van der Waals surface area contributed by atoms with E-state index in [0.717, 1.165) is 63.5 Å². The van der Waals surface area contributed by atoms with Crippen molar-refractivity contribution in [1.82, 2.24) is 0 Å². The highest BCUT2D eigenvalue weighted by Gasteiger charge is 2.46. The smallest absolute Gasteiger partial charge is 0.306 e. The van der Waals surface area contributed by atoms with Crippen molar-refractivity contribution in [3.05, 3.63) is 0 Å². The summed E-state index contributed by atoms with van der Waals surface area (Å²) in [5.74, 6) is 0.209. The van der Waals surface area contributed by atoms with E-state index in [-0.39, 0.29) is 31.2 Å². The third kappa shape index (κ3) is 6.26. The number of aliphatic hydroxyl groups is 2. The van der Waals surface area contributed by atoms with Crippen LogP contribution in [-0.4, -0.2) is 45.8 Å². The van der Waals surface area contributed by atoms with Gasteiger partial charge in [0.15, 0.2) is 0 Å². The van der Waals surface area contributed by atoms with Gasteiger partial charge < -0.3 is 20.2 Å². The molecule has 0 aromatic heterocycles. The van der Waals surface area contributed by atoms with Crippen molar-refractivity contribution in [2.24, 2.45) is 22.9 Å². The first-order valence-corrected chi connectivity index (χ1v) is 9.76. The highest BCUT2D eigenvalue weighted by atomic mass is 16.6. The average Bonchev–Trinajstić information content (AvgIpc) is 3.06. The second-order valence-electron chi connectivity index (χ2n) is 7.66. The fourth-order valence-electron chi connectivity index (χ4n) is 4.42. The van der Waals surface area contributed by atoms with Gasteiger partial charge in [-0.3, -0.25) is 4.79 Å². The van der Waals surface area contributed by atoms with E-state index in [9.17, 15) is 15.0 Å². The minimum atomic E-state index is -0.885. The first kappa shape index (κ1) is 20.2. The number of carboxylic acids is 1. The van der Waals surface area contributed by atoms with E-state index in [0.29, 0.717) is 11.8 Å². The van der Waals surface area contributed by atoms with Gasteiger partial charge in [-0.1, -0.05) is 31.3 Å². The van der Waals surface area contributed by atoms with Crippen molar-refractivity contribution in [1.29, 1.82) is 0 Å². The molecule has 5 atom stereocenters. The standard InChI is InChI=1S/C19H33NO5/c1-2-3-4-5-15(21)6-7-16-17-12-14(10-13(17)11-18(16)22)20-25-9-8-19(23)24/h13,15-18,21-22H,2-12H2,1H3,(H,23,24)/t13-,15?,16+,17-,18+/m1/s1. The van der Waals surface area contributed by atoms with Gasteiger partial charge in [-0.05, 0) is 56.3 Å². The zero-order valence-electron chi connectivity index (χ0n) is 15.3. The lowest BCUT2D eigenvalue weighted by molar-refractivity contribution is -0.138. The van der Waals surface area contributed by atoms with E-state index in [1.54, 1.807) is 0 Å². The number of nitrogens with zero attached hydrogens (tertiary/aromatic N) is 1. The Labute approximate surface area is 150 Å². The van der Waals surface area contributed by atoms with Crippen LogP contribution in [-0.2, 0) is 9.63 Å². The van der Waals surface area contributed by atoms with Crippen LogP contribution in [0.25, 0.3) is 0 Å². The van der Waals surface area contributed by atoms with E-state index in [2.05, 4.69) is 12.1 Å². The van der Waals surface area contributed by atoms with Crippen molar-refractivity contribution < 1.29 is 25.0 Å². The maximum absolute atomic E-state index is 10.5. The minimum absolute atomic E-state index is 0.0408. The zero-order valence-corrected chi connectivity index (χ0v) is 15.3. The summed E-state index contributed by atoms with van der Waals surface area (Å²) in [5, 5.41) is 33.2. The van der Waals surface area contributed by atoms with E-state index in [4.69, 9.17) is 9.94 Å². The first-order chi connectivity index (χ1) is 12.0. The lowest BCUT2D eigenvalue weighted by Gasteiger charge is -2.22. The predicted molar refractivity (Wildman–Crippen MR) is 95.4 cm³/mol. The molecule has 0 amide bonds. The van der Waals surface area contributed by atoms with Crippen LogP contribution in [0.1, 0.15) is 71.1 Å². The summed E-state index contributed by atoms with van der Waals surface area (Å²) in [6.45, 7) is 2.26. The van der Waals surface area contributed by atoms with Crippen molar-refractivity contribution in [2.75, 3.05) is 6.61 Å². The lowest BCUT2D eigenvalue weighted by atomic mass is 9.86. The number of hydrogen-bond acceptors (Lipinski definition) is 5. The third-order valence-corrected chi connectivity index (χ3v) is 5.74. The minimum Gasteiger partial charge on any atom is -0.481 e. The second-order valence-corrected chi connectivity index (χ2v) is 7.66. The Morgan fingerprint density at radius 2 is 2.12 bits per heavy atom. The quantitative estimate of drug-likeness (QED) is 0.391. The van der Waals surface area contributed by atoms with Gasteiger partial charge >= 0.3 is 5.97 Å². The fourth-order valence-corrected chi connectivity index (χ4v) is 4.42. The largest absolute Gasteiger partial charge is 0.481 e. The van der Waals surface area contributed by atoms with E-state index in [1.165, 1.54) is 0 Å². The second kappa shape index (κ2) is 10.1. The molecule has 0 radical (unpaired) electrons. The van der Waals surface area contributed by atoms with Gasteiger partial charge in [0.25, 0.3) is 0 Å². The third-order valence-electron chi connectivity index (χ3n) is 5.74. The highest BCUT2D eigenvalue weighted by Crippen LogP contribution is 2.48. The summed E-state index contributed by atoms with van der Waals surface area (Å²) in [6.07, 6.45) is 7.77. The van der Waals surface area contributed by atoms with Crippen molar-refractivity contribution in [2.45, 2.75) is 83.3 Å². The van der Waals surface area contributed by atoms with Gasteiger partial charge in [-0.2, -0.15) is 0 Å². The Morgan fingerprint density at radius 3 is 2.84 bits per heavy atom. The molecule has 1 unspecified atom stereocenters. The SMILES string of the molecule is CCCCCC(O)CC[C@H]1[C@@H]2CC(=NOCCC(=O)O)C[C@@H]2C[C@@H]1O. The van der Waals surface area contributed by atoms with E-state index < -0.39 is 5.97 Å². The number of hydrogen-bond donors (Lipinski definition) is 3. The molecule has 2 aliphatic carbocycles. The van der Waals surface area contributed by atoms with Crippen molar-refractivity contribution in [3.8, 4) is 0 Å². The summed E-state index contributed by atoms with van der Waals surface area (Å²) in [6, 6.07) is 0. The molecular formula is C19H33NO5. The molecular weight excluding hydrogens is 322 g/mol. The van der Waals surface area contributed by atoms with Crippen LogP contribution in [0.3, 0.4) is 0 Å². The summed E-state index contributed by atoms with van der Waals surface area (Å²) in [4.78, 5) is 15.6. The van der Waals surface area contributed by atoms with Gasteiger partial charge in [0.2, 0.25) is 0 Å². The molecule has 0 aromatic carbocycles. The van der Waals surface area contributed by atoms with Crippen molar-refractivity contribution >= 4 is 11.7 Å². The van der Waals surface area contributed by atoms with Gasteiger partial charge in [-0.15, -0.1) is 0 Å². The predicted octanol–water partition coefficient (Wildman–Crippen LogP) is 2.96. The summed E-state index contributed by atoms with van der Waals surface area (Å²) >= 11 is 0. The molecule has 0 spiro atoms. The molecule has 2 aliphatic rings. The Morgan fingerprint density at radius 1 is 1.32 bits per heavy atom. The van der Waals surface area contributed by atoms with Gasteiger partial charge in [0, 0.05) is 0 Å². The maximum atomic E-state index is 10.5. The molecule has 2 saturated carbocycles. The number of carboxylic acid groups (broad SMARTS) is 1. The molecule has 3 N–H and O–H groups in total. The van der Waals surface area contributed by atoms with Crippen LogP contribution in [0.5, 0.6) is 0 Å². The molecule has 0 saturated heterocycles. The van der Waals surface area contributed by atoms with E-state index >= 15 is 0 Å². The summed E-state index contributed by atoms with van der Waals surface area (Å²) in [7, 11) is 0. The van der Waals surface area contributed by atoms with Crippen molar-refractivity contribution in [3.63, 3.8) is 0 Å². The number of fused-ring (bicyclic) bond motifs is 1. The Balaban J connectivity index is 1.75. The molecule has 6 heteroatoms. The number of oxime groups is 1. The van der Waals surface area contributed by atoms with Crippen LogP contribution in [0.2, 0.25) is 0 Å². The highest BCUT2D eigenvalue weighted by molar-refractivity contribution is 5.86. The molecule has 2 fully saturated rings. The first-order valence-electron chi connectivity index (χ1n) is 9.76. The molecule has 2 rings (SSSR count). The Kier molecular flexibility index (Phi) is 8.16. The fraction of sp³-hybridized carbons (Fsp3) is 0.895. The van der Waals surface area contributed by atoms with Crippen LogP contribution in [0, 0.1) is 17.8 Å². The number of rotatable bonds is 11. The van der Waals surface area contributed by atoms with E-state index in [1.807, 2.05) is 0 Å². The molecule has 25 heavy (non-hydrogen) atoms. The van der Waals surface area contributed by atoms with Crippen LogP contribution >= 0.6 is 0 Å². The topological polar surface area (TPSA) is 99.4 Å². The number of aliphatic carboxylic acids is 1. The molecule has 0 bridgehead atoms. The summed E-state index contributed by atoms with van der Waals surface area (Å²) in [5.41, 5.74) is 0.987. The van der Waals surface area contributed by atoms with Gasteiger partial charge in [0.05, 0.1) is 24.3 Å². The Bertz CT molecular complexity index is 453. The lowest BCUT2D eigenvalue weighted by Crippen LogP contribution is -2.22. The number of aliphatic hydroxyl groups excluding tert-OH is 2. The zero-order chi connectivity index (χ0) is 18.2. The molecule has 0 heterocycles. The van der Waals surface area contributed by atoms with Crippen LogP contribution in [0.4, 0.5) is 0 Å². The number of unbranched alkanes of at least 4 members (excludes halogenated alkanes) is 2. The molecule has 0 aromatic rings. The van der Waals surface area contributed by atoms with Crippen LogP contribution in [0.15, 0.2) is 5.16 Å². The normalized spacial score (nSPS) is 31.2. The molecule has 0 aliphatic heterocycles. The monoisotopic (exact) mass is 355 g/mol. The summed E-state index contributed by atoms with van der Waals surface area (Å²) < 4.78 is 0. The van der Waals surface area contributed by atoms with Gasteiger partial charge in [0.1, 0.15) is 6.61 Å². The molecule has 6 nitrogen and oxygen atoms in total. The Hall–Kier alpha value is -1.14. The van der Waals surface area contributed by atoms with Gasteiger partial charge in [-0.25, -0.2) is 0 Å². The van der Waals surface area contributed by atoms with Crippen LogP contribution < -0.4 is 0 Å². The maximum Gasteiger partial charge on any atom is 0.306 e.